The van der Waals surface area contributed by atoms with Gasteiger partial charge >= 0.3 is 0 Å². The molecule has 0 aliphatic heterocycles. The molecule has 1 N–H and O–H groups in total. The molecule has 0 atom stereocenters. The number of hydrogen-bond acceptors (Lipinski definition) is 3. The fourth-order valence-electron chi connectivity index (χ4n) is 3.55. The normalized spacial score (nSPS) is 21.8. The van der Waals surface area contributed by atoms with E-state index < -0.39 is 0 Å². The molecule has 19 heavy (non-hydrogen) atoms. The van der Waals surface area contributed by atoms with Crippen molar-refractivity contribution in [1.29, 1.82) is 0 Å². The standard InChI is InChI=1S/C16H26N2S/c1-15(2,3)17-11-14-18-12-6-9-16(7-4-5-8-16)10-13(12)19-14/h17H,4-11H2,1-3H3. The van der Waals surface area contributed by atoms with Crippen LogP contribution in [0.5, 0.6) is 0 Å². The molecule has 1 aromatic rings. The van der Waals surface area contributed by atoms with Gasteiger partial charge in [0.2, 0.25) is 0 Å². The van der Waals surface area contributed by atoms with E-state index in [1.807, 2.05) is 11.3 Å². The molecule has 1 heterocycles. The summed E-state index contributed by atoms with van der Waals surface area (Å²) in [5.41, 5.74) is 2.25. The van der Waals surface area contributed by atoms with E-state index in [2.05, 4.69) is 26.1 Å². The SMILES string of the molecule is CC(C)(C)NCc1nc2c(s1)CC1(CCCC1)CC2. The first-order chi connectivity index (χ1) is 8.96. The Hall–Kier alpha value is -0.410. The van der Waals surface area contributed by atoms with Crippen molar-refractivity contribution in [1.82, 2.24) is 10.3 Å². The Morgan fingerprint density at radius 1 is 1.21 bits per heavy atom. The second-order valence-corrected chi connectivity index (χ2v) is 8.63. The largest absolute Gasteiger partial charge is 0.306 e. The van der Waals surface area contributed by atoms with E-state index in [1.165, 1.54) is 55.6 Å². The summed E-state index contributed by atoms with van der Waals surface area (Å²) in [6.07, 6.45) is 9.74. The van der Waals surface area contributed by atoms with Crippen LogP contribution in [0.25, 0.3) is 0 Å². The van der Waals surface area contributed by atoms with E-state index in [9.17, 15) is 0 Å². The molecule has 1 saturated carbocycles. The molecule has 2 nitrogen and oxygen atoms in total. The van der Waals surface area contributed by atoms with Crippen molar-refractivity contribution < 1.29 is 0 Å². The Kier molecular flexibility index (Phi) is 3.46. The van der Waals surface area contributed by atoms with Crippen LogP contribution >= 0.6 is 11.3 Å². The lowest BCUT2D eigenvalue weighted by Crippen LogP contribution is -2.35. The van der Waals surface area contributed by atoms with Crippen LogP contribution in [0.3, 0.4) is 0 Å². The van der Waals surface area contributed by atoms with Crippen LogP contribution in [0.4, 0.5) is 0 Å². The monoisotopic (exact) mass is 278 g/mol. The van der Waals surface area contributed by atoms with Crippen molar-refractivity contribution >= 4 is 11.3 Å². The minimum absolute atomic E-state index is 0.179. The van der Waals surface area contributed by atoms with Crippen molar-refractivity contribution in [3.05, 3.63) is 15.6 Å². The lowest BCUT2D eigenvalue weighted by molar-refractivity contribution is 0.256. The van der Waals surface area contributed by atoms with Gasteiger partial charge in [-0.25, -0.2) is 4.98 Å². The summed E-state index contributed by atoms with van der Waals surface area (Å²) in [5, 5.41) is 4.84. The molecular formula is C16H26N2S. The second kappa shape index (κ2) is 4.85. The molecule has 0 saturated heterocycles. The molecule has 2 aliphatic rings. The third kappa shape index (κ3) is 3.03. The summed E-state index contributed by atoms with van der Waals surface area (Å²) >= 11 is 1.96. The number of fused-ring (bicyclic) bond motifs is 1. The van der Waals surface area contributed by atoms with Crippen molar-refractivity contribution in [3.8, 4) is 0 Å². The van der Waals surface area contributed by atoms with Gasteiger partial charge in [0.05, 0.1) is 5.69 Å². The van der Waals surface area contributed by atoms with Gasteiger partial charge in [-0.3, -0.25) is 0 Å². The first-order valence-corrected chi connectivity index (χ1v) is 8.50. The van der Waals surface area contributed by atoms with E-state index in [4.69, 9.17) is 4.98 Å². The van der Waals surface area contributed by atoms with Gasteiger partial charge in [-0.2, -0.15) is 0 Å². The quantitative estimate of drug-likeness (QED) is 0.881. The highest BCUT2D eigenvalue weighted by Gasteiger charge is 2.38. The first-order valence-electron chi connectivity index (χ1n) is 7.68. The summed E-state index contributed by atoms with van der Waals surface area (Å²) in [7, 11) is 0. The molecule has 0 aromatic carbocycles. The molecule has 1 aromatic heterocycles. The molecular weight excluding hydrogens is 252 g/mol. The summed E-state index contributed by atoms with van der Waals surface area (Å²) < 4.78 is 0. The Morgan fingerprint density at radius 3 is 2.63 bits per heavy atom. The number of rotatable bonds is 2. The van der Waals surface area contributed by atoms with E-state index in [0.717, 1.165) is 6.54 Å². The van der Waals surface area contributed by atoms with Crippen molar-refractivity contribution in [2.75, 3.05) is 0 Å². The van der Waals surface area contributed by atoms with Crippen molar-refractivity contribution in [3.63, 3.8) is 0 Å². The van der Waals surface area contributed by atoms with Crippen LogP contribution in [0, 0.1) is 5.41 Å². The maximum Gasteiger partial charge on any atom is 0.107 e. The second-order valence-electron chi connectivity index (χ2n) is 7.46. The van der Waals surface area contributed by atoms with Gasteiger partial charge in [0, 0.05) is 17.0 Å². The average molecular weight is 278 g/mol. The number of nitrogens with zero attached hydrogens (tertiary/aromatic N) is 1. The molecule has 0 unspecified atom stereocenters. The molecule has 0 amide bonds. The van der Waals surface area contributed by atoms with Gasteiger partial charge in [-0.1, -0.05) is 12.8 Å². The van der Waals surface area contributed by atoms with Crippen LogP contribution < -0.4 is 5.32 Å². The van der Waals surface area contributed by atoms with E-state index in [0.29, 0.717) is 5.41 Å². The third-order valence-corrected chi connectivity index (χ3v) is 5.78. The number of aromatic nitrogens is 1. The fourth-order valence-corrected chi connectivity index (χ4v) is 4.78. The summed E-state index contributed by atoms with van der Waals surface area (Å²) in [5.74, 6) is 0. The molecule has 2 aliphatic carbocycles. The third-order valence-electron chi connectivity index (χ3n) is 4.68. The Bertz CT molecular complexity index is 450. The molecule has 106 valence electrons. The highest BCUT2D eigenvalue weighted by atomic mass is 32.1. The predicted molar refractivity (Wildman–Crippen MR) is 81.6 cm³/mol. The van der Waals surface area contributed by atoms with Gasteiger partial charge in [-0.05, 0) is 58.3 Å². The van der Waals surface area contributed by atoms with Crippen LogP contribution in [-0.4, -0.2) is 10.5 Å². The van der Waals surface area contributed by atoms with Crippen molar-refractivity contribution in [2.45, 2.75) is 77.8 Å². The Labute approximate surface area is 121 Å². The van der Waals surface area contributed by atoms with E-state index in [1.54, 1.807) is 4.88 Å². The van der Waals surface area contributed by atoms with Crippen LogP contribution in [-0.2, 0) is 19.4 Å². The maximum atomic E-state index is 4.86. The van der Waals surface area contributed by atoms with E-state index in [-0.39, 0.29) is 5.54 Å². The zero-order chi connectivity index (χ0) is 13.5. The van der Waals surface area contributed by atoms with Gasteiger partial charge in [0.15, 0.2) is 0 Å². The van der Waals surface area contributed by atoms with Crippen molar-refractivity contribution in [2.24, 2.45) is 5.41 Å². The Morgan fingerprint density at radius 2 is 1.95 bits per heavy atom. The van der Waals surface area contributed by atoms with Gasteiger partial charge in [0.1, 0.15) is 5.01 Å². The smallest absolute Gasteiger partial charge is 0.107 e. The van der Waals surface area contributed by atoms with Gasteiger partial charge < -0.3 is 5.32 Å². The van der Waals surface area contributed by atoms with Crippen LogP contribution in [0.1, 0.15) is 68.5 Å². The summed E-state index contributed by atoms with van der Waals surface area (Å²) in [4.78, 5) is 6.46. The van der Waals surface area contributed by atoms with Crippen LogP contribution in [0.15, 0.2) is 0 Å². The van der Waals surface area contributed by atoms with E-state index >= 15 is 0 Å². The number of nitrogens with one attached hydrogen (secondary N) is 1. The Balaban J connectivity index is 1.70. The molecule has 3 heteroatoms. The minimum Gasteiger partial charge on any atom is -0.306 e. The van der Waals surface area contributed by atoms with Gasteiger partial charge in [-0.15, -0.1) is 11.3 Å². The highest BCUT2D eigenvalue weighted by molar-refractivity contribution is 7.11. The highest BCUT2D eigenvalue weighted by Crippen LogP contribution is 2.48. The summed E-state index contributed by atoms with van der Waals surface area (Å²) in [6.45, 7) is 7.57. The molecule has 1 spiro atoms. The topological polar surface area (TPSA) is 24.9 Å². The lowest BCUT2D eigenvalue weighted by Gasteiger charge is -2.32. The predicted octanol–water partition coefficient (Wildman–Crippen LogP) is 4.08. The first kappa shape index (κ1) is 13.6. The van der Waals surface area contributed by atoms with Crippen LogP contribution in [0.2, 0.25) is 0 Å². The maximum absolute atomic E-state index is 4.86. The number of thiazole rings is 1. The molecule has 3 rings (SSSR count). The zero-order valence-corrected chi connectivity index (χ0v) is 13.3. The fraction of sp³-hybridized carbons (Fsp3) is 0.812. The lowest BCUT2D eigenvalue weighted by atomic mass is 9.74. The minimum atomic E-state index is 0.179. The molecule has 0 radical (unpaired) electrons. The molecule has 1 fully saturated rings. The average Bonchev–Trinajstić information content (AvgIpc) is 2.93. The number of hydrogen-bond donors (Lipinski definition) is 1. The number of aryl methyl sites for hydroxylation is 1. The zero-order valence-electron chi connectivity index (χ0n) is 12.5. The molecule has 0 bridgehead atoms. The van der Waals surface area contributed by atoms with Gasteiger partial charge in [0.25, 0.3) is 0 Å². The summed E-state index contributed by atoms with van der Waals surface area (Å²) in [6, 6.07) is 0.